The van der Waals surface area contributed by atoms with Gasteiger partial charge in [-0.1, -0.05) is 20.8 Å². The van der Waals surface area contributed by atoms with Crippen LogP contribution >= 0.6 is 0 Å². The van der Waals surface area contributed by atoms with Gasteiger partial charge in [0.1, 0.15) is 0 Å². The van der Waals surface area contributed by atoms with Crippen LogP contribution in [0.4, 0.5) is 0 Å². The molecule has 2 heteroatoms. The van der Waals surface area contributed by atoms with Crippen LogP contribution < -0.4 is 0 Å². The molecular formula is C11H25NO. The van der Waals surface area contributed by atoms with E-state index in [9.17, 15) is 0 Å². The summed E-state index contributed by atoms with van der Waals surface area (Å²) in [4.78, 5) is 2.40. The van der Waals surface area contributed by atoms with E-state index in [0.29, 0.717) is 0 Å². The summed E-state index contributed by atoms with van der Waals surface area (Å²) in [5.41, 5.74) is 0. The van der Waals surface area contributed by atoms with Crippen molar-refractivity contribution in [2.45, 2.75) is 27.2 Å². The Morgan fingerprint density at radius 2 is 2.00 bits per heavy atom. The SMILES string of the molecule is CC.COCC1CCN(C)CC1C. The van der Waals surface area contributed by atoms with E-state index in [1.807, 2.05) is 13.8 Å². The monoisotopic (exact) mass is 187 g/mol. The van der Waals surface area contributed by atoms with Gasteiger partial charge >= 0.3 is 0 Å². The van der Waals surface area contributed by atoms with E-state index >= 15 is 0 Å². The lowest BCUT2D eigenvalue weighted by Gasteiger charge is -2.34. The van der Waals surface area contributed by atoms with E-state index in [4.69, 9.17) is 4.74 Å². The van der Waals surface area contributed by atoms with Crippen LogP contribution in [0.15, 0.2) is 0 Å². The topological polar surface area (TPSA) is 12.5 Å². The number of rotatable bonds is 2. The number of methoxy groups -OCH3 is 1. The number of hydrogen-bond donors (Lipinski definition) is 0. The number of ether oxygens (including phenoxy) is 1. The maximum atomic E-state index is 5.17. The van der Waals surface area contributed by atoms with Crippen molar-refractivity contribution < 1.29 is 4.74 Å². The lowest BCUT2D eigenvalue weighted by molar-refractivity contribution is 0.0719. The minimum atomic E-state index is 0.788. The molecule has 80 valence electrons. The first kappa shape index (κ1) is 12.9. The molecular weight excluding hydrogens is 162 g/mol. The molecule has 2 unspecified atom stereocenters. The normalized spacial score (nSPS) is 29.3. The molecule has 13 heavy (non-hydrogen) atoms. The first-order chi connectivity index (χ1) is 6.24. The van der Waals surface area contributed by atoms with Crippen molar-refractivity contribution in [2.24, 2.45) is 11.8 Å². The summed E-state index contributed by atoms with van der Waals surface area (Å²) in [5, 5.41) is 0. The summed E-state index contributed by atoms with van der Waals surface area (Å²) >= 11 is 0. The van der Waals surface area contributed by atoms with Gasteiger partial charge < -0.3 is 9.64 Å². The molecule has 0 aromatic carbocycles. The van der Waals surface area contributed by atoms with E-state index in [0.717, 1.165) is 18.4 Å². The fraction of sp³-hybridized carbons (Fsp3) is 1.00. The Balaban J connectivity index is 0.000000671. The predicted octanol–water partition coefficient (Wildman–Crippen LogP) is 2.25. The van der Waals surface area contributed by atoms with Crippen LogP contribution in [0, 0.1) is 11.8 Å². The van der Waals surface area contributed by atoms with Crippen molar-refractivity contribution in [2.75, 3.05) is 33.9 Å². The minimum Gasteiger partial charge on any atom is -0.384 e. The molecule has 1 aliphatic heterocycles. The van der Waals surface area contributed by atoms with Crippen LogP contribution in [-0.4, -0.2) is 38.8 Å². The first-order valence-electron chi connectivity index (χ1n) is 5.41. The van der Waals surface area contributed by atoms with E-state index in [1.54, 1.807) is 7.11 Å². The van der Waals surface area contributed by atoms with Gasteiger partial charge in [0.15, 0.2) is 0 Å². The lowest BCUT2D eigenvalue weighted by Crippen LogP contribution is -2.38. The molecule has 1 aliphatic rings. The fourth-order valence-electron chi connectivity index (χ4n) is 1.86. The van der Waals surface area contributed by atoms with Crippen LogP contribution in [-0.2, 0) is 4.74 Å². The minimum absolute atomic E-state index is 0.788. The third kappa shape index (κ3) is 4.63. The van der Waals surface area contributed by atoms with Crippen molar-refractivity contribution >= 4 is 0 Å². The van der Waals surface area contributed by atoms with E-state index < -0.39 is 0 Å². The Hall–Kier alpha value is -0.0800. The van der Waals surface area contributed by atoms with Gasteiger partial charge in [0, 0.05) is 20.3 Å². The molecule has 0 aliphatic carbocycles. The molecule has 0 aromatic rings. The maximum Gasteiger partial charge on any atom is 0.0493 e. The van der Waals surface area contributed by atoms with Crippen molar-refractivity contribution in [3.05, 3.63) is 0 Å². The number of likely N-dealkylation sites (tertiary alicyclic amines) is 1. The second-order valence-electron chi connectivity index (χ2n) is 3.74. The molecule has 1 fully saturated rings. The van der Waals surface area contributed by atoms with E-state index in [-0.39, 0.29) is 0 Å². The molecule has 2 atom stereocenters. The quantitative estimate of drug-likeness (QED) is 0.657. The molecule has 2 nitrogen and oxygen atoms in total. The average molecular weight is 187 g/mol. The molecule has 0 N–H and O–H groups in total. The molecule has 1 saturated heterocycles. The fourth-order valence-corrected chi connectivity index (χ4v) is 1.86. The third-order valence-electron chi connectivity index (χ3n) is 2.67. The lowest BCUT2D eigenvalue weighted by atomic mass is 9.88. The Morgan fingerprint density at radius 3 is 2.46 bits per heavy atom. The zero-order valence-electron chi connectivity index (χ0n) is 9.84. The van der Waals surface area contributed by atoms with Crippen LogP contribution in [0.5, 0.6) is 0 Å². The largest absolute Gasteiger partial charge is 0.384 e. The second kappa shape index (κ2) is 7.34. The van der Waals surface area contributed by atoms with Crippen LogP contribution in [0.1, 0.15) is 27.2 Å². The number of nitrogens with zero attached hydrogens (tertiary/aromatic N) is 1. The van der Waals surface area contributed by atoms with Crippen LogP contribution in [0.2, 0.25) is 0 Å². The maximum absolute atomic E-state index is 5.17. The van der Waals surface area contributed by atoms with Gasteiger partial charge in [-0.25, -0.2) is 0 Å². The zero-order valence-corrected chi connectivity index (χ0v) is 9.84. The molecule has 0 saturated carbocycles. The summed E-state index contributed by atoms with van der Waals surface area (Å²) in [6, 6.07) is 0. The van der Waals surface area contributed by atoms with Gasteiger partial charge in [-0.3, -0.25) is 0 Å². The van der Waals surface area contributed by atoms with Crippen LogP contribution in [0.3, 0.4) is 0 Å². The van der Waals surface area contributed by atoms with Crippen LogP contribution in [0.25, 0.3) is 0 Å². The zero-order chi connectivity index (χ0) is 10.3. The first-order valence-corrected chi connectivity index (χ1v) is 5.41. The Kier molecular flexibility index (Phi) is 7.29. The van der Waals surface area contributed by atoms with E-state index in [2.05, 4.69) is 18.9 Å². The van der Waals surface area contributed by atoms with Gasteiger partial charge in [-0.2, -0.15) is 0 Å². The number of hydrogen-bond acceptors (Lipinski definition) is 2. The second-order valence-corrected chi connectivity index (χ2v) is 3.74. The highest BCUT2D eigenvalue weighted by Gasteiger charge is 2.23. The molecule has 0 spiro atoms. The van der Waals surface area contributed by atoms with Crippen molar-refractivity contribution in [1.29, 1.82) is 0 Å². The van der Waals surface area contributed by atoms with Crippen molar-refractivity contribution in [3.63, 3.8) is 0 Å². The average Bonchev–Trinajstić information content (AvgIpc) is 2.14. The van der Waals surface area contributed by atoms with Crippen molar-refractivity contribution in [3.8, 4) is 0 Å². The Labute approximate surface area is 83.3 Å². The molecule has 0 amide bonds. The third-order valence-corrected chi connectivity index (χ3v) is 2.67. The van der Waals surface area contributed by atoms with Gasteiger partial charge in [-0.05, 0) is 31.8 Å². The highest BCUT2D eigenvalue weighted by Crippen LogP contribution is 2.21. The Morgan fingerprint density at radius 1 is 1.38 bits per heavy atom. The van der Waals surface area contributed by atoms with Gasteiger partial charge in [0.05, 0.1) is 0 Å². The van der Waals surface area contributed by atoms with Gasteiger partial charge in [0.2, 0.25) is 0 Å². The van der Waals surface area contributed by atoms with E-state index in [1.165, 1.54) is 19.5 Å². The summed E-state index contributed by atoms with van der Waals surface area (Å²) in [5.74, 6) is 1.59. The highest BCUT2D eigenvalue weighted by molar-refractivity contribution is 4.75. The smallest absolute Gasteiger partial charge is 0.0493 e. The highest BCUT2D eigenvalue weighted by atomic mass is 16.5. The predicted molar refractivity (Wildman–Crippen MR) is 58.0 cm³/mol. The summed E-state index contributed by atoms with van der Waals surface area (Å²) < 4.78 is 5.17. The molecule has 1 rings (SSSR count). The standard InChI is InChI=1S/C9H19NO.C2H6/c1-8-6-10(2)5-4-9(8)7-11-3;1-2/h8-9H,4-7H2,1-3H3;1-2H3. The molecule has 0 radical (unpaired) electrons. The molecule has 0 aromatic heterocycles. The van der Waals surface area contributed by atoms with Gasteiger partial charge in [0.25, 0.3) is 0 Å². The molecule has 0 bridgehead atoms. The Bertz CT molecular complexity index is 117. The summed E-state index contributed by atoms with van der Waals surface area (Å²) in [6.45, 7) is 9.72. The molecule has 1 heterocycles. The van der Waals surface area contributed by atoms with Gasteiger partial charge in [-0.15, -0.1) is 0 Å². The summed E-state index contributed by atoms with van der Waals surface area (Å²) in [6.07, 6.45) is 1.30. The summed E-state index contributed by atoms with van der Waals surface area (Å²) in [7, 11) is 3.99. The van der Waals surface area contributed by atoms with Crippen molar-refractivity contribution in [1.82, 2.24) is 4.90 Å². The number of piperidine rings is 1.